The molecule has 0 aliphatic rings. The number of hydrogen-bond acceptors (Lipinski definition) is 2. The van der Waals surface area contributed by atoms with Gasteiger partial charge in [-0.2, -0.15) is 0 Å². The Hall–Kier alpha value is -1.64. The van der Waals surface area contributed by atoms with Gasteiger partial charge in [0.25, 0.3) is 0 Å². The van der Waals surface area contributed by atoms with E-state index in [1.165, 1.54) is 0 Å². The van der Waals surface area contributed by atoms with Crippen LogP contribution in [-0.4, -0.2) is 4.92 Å². The number of nitro groups is 1. The minimum Gasteiger partial charge on any atom is -0.259 e. The molecule has 0 saturated heterocycles. The highest BCUT2D eigenvalue weighted by atomic mass is 16.6. The Labute approximate surface area is 102 Å². The third-order valence-corrected chi connectivity index (χ3v) is 2.43. The first-order chi connectivity index (χ1) is 7.88. The summed E-state index contributed by atoms with van der Waals surface area (Å²) in [5.74, 6) is 0.289. The molecule has 0 saturated carbocycles. The maximum absolute atomic E-state index is 10.9. The van der Waals surface area contributed by atoms with Crippen molar-refractivity contribution in [2.45, 2.75) is 34.1 Å². The van der Waals surface area contributed by atoms with E-state index in [1.807, 2.05) is 39.8 Å². The number of hydrogen-bond donors (Lipinski definition) is 0. The van der Waals surface area contributed by atoms with Crippen molar-refractivity contribution >= 4 is 6.08 Å². The van der Waals surface area contributed by atoms with E-state index in [-0.39, 0.29) is 16.5 Å². The van der Waals surface area contributed by atoms with Crippen LogP contribution in [0, 0.1) is 29.9 Å². The number of allylic oxidation sites excluding steroid dienone is 1. The average molecular weight is 233 g/mol. The summed E-state index contributed by atoms with van der Waals surface area (Å²) in [6.45, 7) is 7.97. The van der Waals surface area contributed by atoms with Crippen molar-refractivity contribution in [3.63, 3.8) is 0 Å². The Bertz CT molecular complexity index is 427. The average Bonchev–Trinajstić information content (AvgIpc) is 2.13. The third-order valence-electron chi connectivity index (χ3n) is 2.43. The number of benzene rings is 1. The summed E-state index contributed by atoms with van der Waals surface area (Å²) in [5.41, 5.74) is 3.45. The topological polar surface area (TPSA) is 43.1 Å². The lowest BCUT2D eigenvalue weighted by Crippen LogP contribution is -2.02. The van der Waals surface area contributed by atoms with Crippen LogP contribution in [0.5, 0.6) is 0 Å². The molecule has 0 aliphatic heterocycles. The van der Waals surface area contributed by atoms with E-state index in [2.05, 4.69) is 6.07 Å². The summed E-state index contributed by atoms with van der Waals surface area (Å²) in [5, 5.41) is 10.9. The molecule has 0 N–H and O–H groups in total. The minimum atomic E-state index is -0.280. The molecule has 0 atom stereocenters. The molecule has 1 aromatic carbocycles. The lowest BCUT2D eigenvalue weighted by Gasteiger charge is -2.04. The fourth-order valence-electron chi connectivity index (χ4n) is 1.89. The molecular weight excluding hydrogens is 214 g/mol. The van der Waals surface area contributed by atoms with Gasteiger partial charge in [0.15, 0.2) is 0 Å². The van der Waals surface area contributed by atoms with Crippen molar-refractivity contribution in [2.75, 3.05) is 0 Å². The third kappa shape index (κ3) is 4.39. The first-order valence-corrected chi connectivity index (χ1v) is 5.81. The Morgan fingerprint density at radius 2 is 1.82 bits per heavy atom. The quantitative estimate of drug-likeness (QED) is 0.583. The zero-order valence-electron chi connectivity index (χ0n) is 10.9. The van der Waals surface area contributed by atoms with Gasteiger partial charge in [-0.15, -0.1) is 0 Å². The Morgan fingerprint density at radius 3 is 2.24 bits per heavy atom. The fourth-order valence-corrected chi connectivity index (χ4v) is 1.89. The lowest BCUT2D eigenvalue weighted by atomic mass is 10.0. The van der Waals surface area contributed by atoms with Crippen LogP contribution in [0.1, 0.15) is 37.0 Å². The molecule has 0 aliphatic carbocycles. The molecule has 0 aromatic heterocycles. The van der Waals surface area contributed by atoms with E-state index in [9.17, 15) is 10.1 Å². The molecule has 0 heterocycles. The van der Waals surface area contributed by atoms with Crippen molar-refractivity contribution in [1.82, 2.24) is 0 Å². The molecule has 3 nitrogen and oxygen atoms in total. The highest BCUT2D eigenvalue weighted by Crippen LogP contribution is 2.17. The molecule has 0 bridgehead atoms. The largest absolute Gasteiger partial charge is 0.259 e. The van der Waals surface area contributed by atoms with Crippen LogP contribution in [0.3, 0.4) is 0 Å². The smallest absolute Gasteiger partial charge is 0.247 e. The number of rotatable bonds is 4. The highest BCUT2D eigenvalue weighted by Gasteiger charge is 2.12. The SMILES string of the molecule is Cc1cc(C)cc(C=C(CC(C)C)[N+](=O)[O-])c1. The van der Waals surface area contributed by atoms with Gasteiger partial charge in [0.05, 0.1) is 4.92 Å². The second-order valence-electron chi connectivity index (χ2n) is 4.91. The summed E-state index contributed by atoms with van der Waals surface area (Å²) in [6, 6.07) is 6.00. The summed E-state index contributed by atoms with van der Waals surface area (Å²) < 4.78 is 0. The normalized spacial score (nSPS) is 11.9. The van der Waals surface area contributed by atoms with Gasteiger partial charge >= 0.3 is 0 Å². The van der Waals surface area contributed by atoms with Crippen LogP contribution < -0.4 is 0 Å². The number of nitrogens with zero attached hydrogens (tertiary/aromatic N) is 1. The Morgan fingerprint density at radius 1 is 1.29 bits per heavy atom. The predicted molar refractivity (Wildman–Crippen MR) is 70.3 cm³/mol. The Balaban J connectivity index is 3.08. The van der Waals surface area contributed by atoms with E-state index in [1.54, 1.807) is 6.08 Å². The molecule has 92 valence electrons. The molecule has 0 spiro atoms. The van der Waals surface area contributed by atoms with Gasteiger partial charge in [0.2, 0.25) is 5.70 Å². The molecule has 0 radical (unpaired) electrons. The van der Waals surface area contributed by atoms with Gasteiger partial charge in [0.1, 0.15) is 0 Å². The van der Waals surface area contributed by atoms with E-state index in [0.29, 0.717) is 6.42 Å². The van der Waals surface area contributed by atoms with E-state index in [4.69, 9.17) is 0 Å². The van der Waals surface area contributed by atoms with E-state index < -0.39 is 0 Å². The van der Waals surface area contributed by atoms with Gasteiger partial charge in [-0.25, -0.2) is 0 Å². The molecule has 17 heavy (non-hydrogen) atoms. The van der Waals surface area contributed by atoms with Crippen LogP contribution in [0.15, 0.2) is 23.9 Å². The summed E-state index contributed by atoms with van der Waals surface area (Å²) in [6.07, 6.45) is 2.18. The predicted octanol–water partition coefficient (Wildman–Crippen LogP) is 3.97. The molecule has 1 aromatic rings. The maximum atomic E-state index is 10.9. The molecule has 0 unspecified atom stereocenters. The van der Waals surface area contributed by atoms with Gasteiger partial charge in [0, 0.05) is 12.5 Å². The van der Waals surface area contributed by atoms with Crippen LogP contribution in [0.25, 0.3) is 6.08 Å². The zero-order valence-corrected chi connectivity index (χ0v) is 10.9. The molecule has 0 amide bonds. The van der Waals surface area contributed by atoms with E-state index >= 15 is 0 Å². The van der Waals surface area contributed by atoms with Crippen molar-refractivity contribution in [3.8, 4) is 0 Å². The van der Waals surface area contributed by atoms with Crippen LogP contribution in [0.4, 0.5) is 0 Å². The van der Waals surface area contributed by atoms with Crippen molar-refractivity contribution in [2.24, 2.45) is 5.92 Å². The molecule has 1 rings (SSSR count). The monoisotopic (exact) mass is 233 g/mol. The van der Waals surface area contributed by atoms with Crippen molar-refractivity contribution < 1.29 is 4.92 Å². The highest BCUT2D eigenvalue weighted by molar-refractivity contribution is 5.53. The van der Waals surface area contributed by atoms with Crippen molar-refractivity contribution in [1.29, 1.82) is 0 Å². The van der Waals surface area contributed by atoms with Crippen LogP contribution in [-0.2, 0) is 0 Å². The van der Waals surface area contributed by atoms with Gasteiger partial charge < -0.3 is 0 Å². The Kier molecular flexibility index (Phi) is 4.44. The molecular formula is C14H19NO2. The van der Waals surface area contributed by atoms with Crippen molar-refractivity contribution in [3.05, 3.63) is 50.7 Å². The van der Waals surface area contributed by atoms with Gasteiger partial charge in [-0.3, -0.25) is 10.1 Å². The fraction of sp³-hybridized carbons (Fsp3) is 0.429. The second kappa shape index (κ2) is 5.62. The zero-order chi connectivity index (χ0) is 13.0. The standard InChI is InChI=1S/C14H19NO2/c1-10(2)5-14(15(16)17)9-13-7-11(3)6-12(4)8-13/h6-10H,5H2,1-4H3. The van der Waals surface area contributed by atoms with Gasteiger partial charge in [-0.05, 0) is 25.3 Å². The first-order valence-electron chi connectivity index (χ1n) is 5.81. The maximum Gasteiger partial charge on any atom is 0.247 e. The second-order valence-corrected chi connectivity index (χ2v) is 4.91. The number of aryl methyl sites for hydroxylation is 2. The summed E-state index contributed by atoms with van der Waals surface area (Å²) in [7, 11) is 0. The molecule has 0 fully saturated rings. The van der Waals surface area contributed by atoms with E-state index in [0.717, 1.165) is 16.7 Å². The lowest BCUT2D eigenvalue weighted by molar-refractivity contribution is -0.427. The summed E-state index contributed by atoms with van der Waals surface area (Å²) >= 11 is 0. The minimum absolute atomic E-state index is 0.280. The first kappa shape index (κ1) is 13.4. The van der Waals surface area contributed by atoms with Crippen LogP contribution >= 0.6 is 0 Å². The van der Waals surface area contributed by atoms with Gasteiger partial charge in [-0.1, -0.05) is 43.2 Å². The summed E-state index contributed by atoms with van der Waals surface area (Å²) in [4.78, 5) is 10.7. The van der Waals surface area contributed by atoms with Crippen LogP contribution in [0.2, 0.25) is 0 Å². The molecule has 3 heteroatoms.